The van der Waals surface area contributed by atoms with Gasteiger partial charge in [-0.1, -0.05) is 0 Å². The standard InChI is InChI=1S/C16H17N5O4S/c22-15-10-17-16(23)14-11-19(8-9-20(14)15)26(24,25)13-4-2-12(3-5-13)21-7-1-6-18-21/h1-7,14H,8-11H2,(H,17,23)/t14-/m0/s1. The van der Waals surface area contributed by atoms with Crippen LogP contribution in [0.25, 0.3) is 5.69 Å². The monoisotopic (exact) mass is 375 g/mol. The van der Waals surface area contributed by atoms with Gasteiger partial charge in [-0.15, -0.1) is 0 Å². The molecule has 0 radical (unpaired) electrons. The summed E-state index contributed by atoms with van der Waals surface area (Å²) in [4.78, 5) is 25.5. The van der Waals surface area contributed by atoms with Gasteiger partial charge in [0.15, 0.2) is 0 Å². The van der Waals surface area contributed by atoms with E-state index in [4.69, 9.17) is 0 Å². The largest absolute Gasteiger partial charge is 0.345 e. The molecule has 10 heteroatoms. The summed E-state index contributed by atoms with van der Waals surface area (Å²) in [6, 6.07) is 7.39. The summed E-state index contributed by atoms with van der Waals surface area (Å²) in [7, 11) is -3.75. The van der Waals surface area contributed by atoms with Crippen LogP contribution in [0, 0.1) is 0 Å². The highest BCUT2D eigenvalue weighted by Gasteiger charge is 2.42. The lowest BCUT2D eigenvalue weighted by atomic mass is 10.1. The first-order valence-electron chi connectivity index (χ1n) is 8.14. The summed E-state index contributed by atoms with van der Waals surface area (Å²) < 4.78 is 28.7. The van der Waals surface area contributed by atoms with E-state index >= 15 is 0 Å². The first kappa shape index (κ1) is 16.7. The van der Waals surface area contributed by atoms with Crippen LogP contribution in [0.5, 0.6) is 0 Å². The van der Waals surface area contributed by atoms with Crippen LogP contribution in [0.4, 0.5) is 0 Å². The molecule has 0 spiro atoms. The predicted octanol–water partition coefficient (Wildman–Crippen LogP) is -0.796. The normalized spacial score (nSPS) is 21.4. The number of nitrogens with zero attached hydrogens (tertiary/aromatic N) is 4. The fraction of sp³-hybridized carbons (Fsp3) is 0.312. The smallest absolute Gasteiger partial charge is 0.244 e. The van der Waals surface area contributed by atoms with Crippen molar-refractivity contribution < 1.29 is 18.0 Å². The van der Waals surface area contributed by atoms with Gasteiger partial charge in [-0.2, -0.15) is 9.40 Å². The van der Waals surface area contributed by atoms with Crippen molar-refractivity contribution in [3.8, 4) is 5.69 Å². The summed E-state index contributed by atoms with van der Waals surface area (Å²) >= 11 is 0. The van der Waals surface area contributed by atoms with Crippen LogP contribution in [-0.2, 0) is 19.6 Å². The fourth-order valence-electron chi connectivity index (χ4n) is 3.22. The molecular weight excluding hydrogens is 358 g/mol. The predicted molar refractivity (Wildman–Crippen MR) is 90.8 cm³/mol. The van der Waals surface area contributed by atoms with Crippen molar-refractivity contribution in [1.29, 1.82) is 0 Å². The fourth-order valence-corrected chi connectivity index (χ4v) is 4.66. The van der Waals surface area contributed by atoms with Gasteiger partial charge in [0.2, 0.25) is 21.8 Å². The minimum absolute atomic E-state index is 0.0308. The molecule has 1 aromatic carbocycles. The van der Waals surface area contributed by atoms with Crippen molar-refractivity contribution in [2.24, 2.45) is 0 Å². The number of carbonyl (C=O) groups is 2. The number of fused-ring (bicyclic) bond motifs is 1. The molecule has 1 N–H and O–H groups in total. The Bertz CT molecular complexity index is 940. The zero-order valence-corrected chi connectivity index (χ0v) is 14.6. The molecule has 4 rings (SSSR count). The molecule has 26 heavy (non-hydrogen) atoms. The Hall–Kier alpha value is -2.72. The van der Waals surface area contributed by atoms with Gasteiger partial charge >= 0.3 is 0 Å². The van der Waals surface area contributed by atoms with Gasteiger partial charge in [0.1, 0.15) is 6.04 Å². The van der Waals surface area contributed by atoms with Crippen LogP contribution in [0.2, 0.25) is 0 Å². The van der Waals surface area contributed by atoms with E-state index in [0.717, 1.165) is 5.69 Å². The number of amides is 2. The van der Waals surface area contributed by atoms with Crippen molar-refractivity contribution in [2.75, 3.05) is 26.2 Å². The minimum Gasteiger partial charge on any atom is -0.345 e. The van der Waals surface area contributed by atoms with E-state index in [0.29, 0.717) is 0 Å². The van der Waals surface area contributed by atoms with Crippen molar-refractivity contribution in [3.63, 3.8) is 0 Å². The average Bonchev–Trinajstić information content (AvgIpc) is 3.19. The summed E-state index contributed by atoms with van der Waals surface area (Å²) in [6.45, 7) is 0.304. The van der Waals surface area contributed by atoms with Crippen LogP contribution in [-0.4, -0.2) is 71.4 Å². The first-order chi connectivity index (χ1) is 12.5. The van der Waals surface area contributed by atoms with Crippen LogP contribution < -0.4 is 5.32 Å². The van der Waals surface area contributed by atoms with Gasteiger partial charge in [-0.25, -0.2) is 13.1 Å². The number of benzene rings is 1. The molecule has 2 amide bonds. The quantitative estimate of drug-likeness (QED) is 0.757. The summed E-state index contributed by atoms with van der Waals surface area (Å²) in [6.07, 6.45) is 3.40. The molecule has 0 unspecified atom stereocenters. The molecule has 1 aromatic heterocycles. The second-order valence-corrected chi connectivity index (χ2v) is 8.07. The summed E-state index contributed by atoms with van der Waals surface area (Å²) in [5.41, 5.74) is 0.746. The maximum Gasteiger partial charge on any atom is 0.244 e. The lowest BCUT2D eigenvalue weighted by molar-refractivity contribution is -0.147. The molecule has 1 atom stereocenters. The highest BCUT2D eigenvalue weighted by molar-refractivity contribution is 7.89. The van der Waals surface area contributed by atoms with Gasteiger partial charge in [0.05, 0.1) is 17.1 Å². The number of hydrogen-bond donors (Lipinski definition) is 1. The molecule has 3 heterocycles. The average molecular weight is 375 g/mol. The Kier molecular flexibility index (Phi) is 4.00. The summed E-state index contributed by atoms with van der Waals surface area (Å²) in [5, 5.41) is 6.61. The highest BCUT2D eigenvalue weighted by Crippen LogP contribution is 2.22. The molecule has 0 saturated carbocycles. The van der Waals surface area contributed by atoms with E-state index in [9.17, 15) is 18.0 Å². The molecule has 9 nitrogen and oxygen atoms in total. The maximum absolute atomic E-state index is 12.9. The maximum atomic E-state index is 12.9. The van der Waals surface area contributed by atoms with Gasteiger partial charge in [0, 0.05) is 32.0 Å². The zero-order chi connectivity index (χ0) is 18.3. The third-order valence-corrected chi connectivity index (χ3v) is 6.50. The SMILES string of the molecule is O=C1NCC(=O)N2CCN(S(=O)(=O)c3ccc(-n4cccn4)cc3)C[C@@H]12. The van der Waals surface area contributed by atoms with Crippen LogP contribution in [0.15, 0.2) is 47.6 Å². The van der Waals surface area contributed by atoms with E-state index in [2.05, 4.69) is 10.4 Å². The molecule has 0 bridgehead atoms. The molecule has 2 fully saturated rings. The van der Waals surface area contributed by atoms with Gasteiger partial charge in [0.25, 0.3) is 0 Å². The Morgan fingerprint density at radius 3 is 2.58 bits per heavy atom. The van der Waals surface area contributed by atoms with E-state index < -0.39 is 16.1 Å². The molecule has 2 saturated heterocycles. The zero-order valence-electron chi connectivity index (χ0n) is 13.8. The molecule has 136 valence electrons. The van der Waals surface area contributed by atoms with Crippen LogP contribution in [0.3, 0.4) is 0 Å². The third-order valence-electron chi connectivity index (χ3n) is 4.62. The molecule has 2 aromatic rings. The number of rotatable bonds is 3. The van der Waals surface area contributed by atoms with Gasteiger partial charge in [-0.05, 0) is 30.3 Å². The number of aromatic nitrogens is 2. The Morgan fingerprint density at radius 2 is 1.88 bits per heavy atom. The number of piperazine rings is 2. The van der Waals surface area contributed by atoms with Crippen molar-refractivity contribution >= 4 is 21.8 Å². The highest BCUT2D eigenvalue weighted by atomic mass is 32.2. The third kappa shape index (κ3) is 2.76. The van der Waals surface area contributed by atoms with Crippen LogP contribution in [0.1, 0.15) is 0 Å². The second-order valence-electron chi connectivity index (χ2n) is 6.13. The summed E-state index contributed by atoms with van der Waals surface area (Å²) in [5.74, 6) is -0.506. The Balaban J connectivity index is 1.57. The van der Waals surface area contributed by atoms with Crippen LogP contribution >= 0.6 is 0 Å². The first-order valence-corrected chi connectivity index (χ1v) is 9.58. The van der Waals surface area contributed by atoms with E-state index in [-0.39, 0.29) is 42.9 Å². The van der Waals surface area contributed by atoms with Crippen molar-refractivity contribution in [1.82, 2.24) is 24.3 Å². The van der Waals surface area contributed by atoms with Crippen molar-refractivity contribution in [3.05, 3.63) is 42.7 Å². The second kappa shape index (κ2) is 6.22. The van der Waals surface area contributed by atoms with Gasteiger partial charge < -0.3 is 10.2 Å². The van der Waals surface area contributed by atoms with Gasteiger partial charge in [-0.3, -0.25) is 9.59 Å². The molecule has 0 aliphatic carbocycles. The number of hydrogen-bond acceptors (Lipinski definition) is 5. The Morgan fingerprint density at radius 1 is 1.12 bits per heavy atom. The number of sulfonamides is 1. The Labute approximate surface area is 150 Å². The van der Waals surface area contributed by atoms with E-state index in [1.165, 1.54) is 21.3 Å². The molecule has 2 aliphatic rings. The lowest BCUT2D eigenvalue weighted by Crippen LogP contribution is -2.66. The van der Waals surface area contributed by atoms with E-state index in [1.807, 2.05) is 0 Å². The lowest BCUT2D eigenvalue weighted by Gasteiger charge is -2.42. The van der Waals surface area contributed by atoms with E-state index in [1.54, 1.807) is 35.3 Å². The van der Waals surface area contributed by atoms with Crippen molar-refractivity contribution in [2.45, 2.75) is 10.9 Å². The minimum atomic E-state index is -3.75. The number of nitrogens with one attached hydrogen (secondary N) is 1. The topological polar surface area (TPSA) is 105 Å². The molecular formula is C16H17N5O4S. The molecule has 2 aliphatic heterocycles. The number of carbonyl (C=O) groups excluding carboxylic acids is 2.